The van der Waals surface area contributed by atoms with Crippen LogP contribution >= 0.6 is 11.3 Å². The predicted molar refractivity (Wildman–Crippen MR) is 98.6 cm³/mol. The van der Waals surface area contributed by atoms with E-state index in [9.17, 15) is 14.4 Å². The predicted octanol–water partition coefficient (Wildman–Crippen LogP) is 3.31. The van der Waals surface area contributed by atoms with Gasteiger partial charge in [0, 0.05) is 17.5 Å². The Hall–Kier alpha value is -2.61. The van der Waals surface area contributed by atoms with Crippen molar-refractivity contribution in [3.8, 4) is 0 Å². The van der Waals surface area contributed by atoms with Gasteiger partial charge in [0.1, 0.15) is 5.01 Å². The van der Waals surface area contributed by atoms with Crippen molar-refractivity contribution in [1.82, 2.24) is 15.1 Å². The van der Waals surface area contributed by atoms with Gasteiger partial charge in [-0.3, -0.25) is 24.6 Å². The SMILES string of the molecule is CCC(C)N1C(=O)c2ccc(C(=O)Nc3nnc(C(C)C)s3)cc2C1=O. The van der Waals surface area contributed by atoms with Crippen LogP contribution in [0.1, 0.15) is 76.1 Å². The summed E-state index contributed by atoms with van der Waals surface area (Å²) in [7, 11) is 0. The molecule has 1 aliphatic rings. The van der Waals surface area contributed by atoms with Gasteiger partial charge in [-0.25, -0.2) is 0 Å². The van der Waals surface area contributed by atoms with Gasteiger partial charge in [-0.1, -0.05) is 32.1 Å². The van der Waals surface area contributed by atoms with Crippen LogP contribution in [0.3, 0.4) is 0 Å². The number of imide groups is 1. The zero-order valence-electron chi connectivity index (χ0n) is 15.1. The molecule has 0 saturated carbocycles. The van der Waals surface area contributed by atoms with E-state index in [0.717, 1.165) is 5.01 Å². The third-order valence-corrected chi connectivity index (χ3v) is 5.51. The van der Waals surface area contributed by atoms with Crippen LogP contribution in [0.4, 0.5) is 5.13 Å². The van der Waals surface area contributed by atoms with Crippen molar-refractivity contribution in [2.45, 2.75) is 46.1 Å². The summed E-state index contributed by atoms with van der Waals surface area (Å²) < 4.78 is 0. The maximum atomic E-state index is 12.6. The minimum absolute atomic E-state index is 0.185. The number of aromatic nitrogens is 2. The number of nitrogens with one attached hydrogen (secondary N) is 1. The van der Waals surface area contributed by atoms with Gasteiger partial charge in [0.05, 0.1) is 11.1 Å². The number of amides is 3. The molecule has 0 aliphatic carbocycles. The Balaban J connectivity index is 1.83. The Kier molecular flexibility index (Phi) is 4.86. The lowest BCUT2D eigenvalue weighted by Gasteiger charge is -2.20. The Morgan fingerprint density at radius 2 is 1.85 bits per heavy atom. The highest BCUT2D eigenvalue weighted by atomic mass is 32.1. The molecule has 3 amide bonds. The molecule has 2 heterocycles. The molecule has 1 atom stereocenters. The lowest BCUT2D eigenvalue weighted by molar-refractivity contribution is 0.0593. The van der Waals surface area contributed by atoms with Crippen molar-refractivity contribution in [3.63, 3.8) is 0 Å². The van der Waals surface area contributed by atoms with Gasteiger partial charge in [-0.15, -0.1) is 10.2 Å². The molecule has 0 radical (unpaired) electrons. The van der Waals surface area contributed by atoms with Gasteiger partial charge in [-0.2, -0.15) is 0 Å². The molecule has 1 aliphatic heterocycles. The lowest BCUT2D eigenvalue weighted by atomic mass is 10.1. The van der Waals surface area contributed by atoms with Gasteiger partial charge >= 0.3 is 0 Å². The number of anilines is 1. The second-order valence-corrected chi connectivity index (χ2v) is 7.56. The fourth-order valence-corrected chi connectivity index (χ4v) is 3.41. The smallest absolute Gasteiger partial charge is 0.261 e. The molecule has 0 saturated heterocycles. The fourth-order valence-electron chi connectivity index (χ4n) is 2.67. The summed E-state index contributed by atoms with van der Waals surface area (Å²) in [5, 5.41) is 11.9. The van der Waals surface area contributed by atoms with Crippen LogP contribution in [0.15, 0.2) is 18.2 Å². The summed E-state index contributed by atoms with van der Waals surface area (Å²) >= 11 is 1.31. The number of hydrogen-bond acceptors (Lipinski definition) is 6. The normalized spacial score (nSPS) is 14.7. The minimum Gasteiger partial charge on any atom is -0.296 e. The molecule has 1 unspecified atom stereocenters. The molecular weight excluding hydrogens is 352 g/mol. The van der Waals surface area contributed by atoms with Crippen LogP contribution in [0.5, 0.6) is 0 Å². The van der Waals surface area contributed by atoms with E-state index in [4.69, 9.17) is 0 Å². The Morgan fingerprint density at radius 1 is 1.15 bits per heavy atom. The standard InChI is InChI=1S/C18H20N4O3S/c1-5-10(4)22-16(24)12-7-6-11(8-13(12)17(22)25)14(23)19-18-21-20-15(26-18)9(2)3/h6-10H,5H2,1-4H3,(H,19,21,23). The Bertz CT molecular complexity index is 890. The number of rotatable bonds is 5. The highest BCUT2D eigenvalue weighted by Crippen LogP contribution is 2.27. The second-order valence-electron chi connectivity index (χ2n) is 6.55. The van der Waals surface area contributed by atoms with Gasteiger partial charge in [0.15, 0.2) is 0 Å². The van der Waals surface area contributed by atoms with Gasteiger partial charge in [0.2, 0.25) is 5.13 Å². The van der Waals surface area contributed by atoms with Crippen LogP contribution in [0.2, 0.25) is 0 Å². The average Bonchev–Trinajstić information content (AvgIpc) is 3.18. The maximum Gasteiger partial charge on any atom is 0.261 e. The van der Waals surface area contributed by atoms with Gasteiger partial charge in [0.25, 0.3) is 17.7 Å². The summed E-state index contributed by atoms with van der Waals surface area (Å²) in [6.07, 6.45) is 0.675. The van der Waals surface area contributed by atoms with Crippen molar-refractivity contribution in [3.05, 3.63) is 39.9 Å². The Labute approximate surface area is 155 Å². The van der Waals surface area contributed by atoms with Crippen LogP contribution in [-0.4, -0.2) is 38.9 Å². The van der Waals surface area contributed by atoms with Crippen molar-refractivity contribution < 1.29 is 14.4 Å². The molecule has 26 heavy (non-hydrogen) atoms. The average molecular weight is 372 g/mol. The molecule has 2 aromatic rings. The second kappa shape index (κ2) is 6.95. The molecular formula is C18H20N4O3S. The van der Waals surface area contributed by atoms with E-state index in [1.807, 2.05) is 27.7 Å². The molecule has 0 bridgehead atoms. The third-order valence-electron chi connectivity index (χ3n) is 4.37. The Morgan fingerprint density at radius 3 is 2.46 bits per heavy atom. The quantitative estimate of drug-likeness (QED) is 0.813. The van der Waals surface area contributed by atoms with E-state index in [2.05, 4.69) is 15.5 Å². The first-order valence-corrected chi connectivity index (χ1v) is 9.31. The van der Waals surface area contributed by atoms with E-state index in [-0.39, 0.29) is 35.2 Å². The van der Waals surface area contributed by atoms with Crippen molar-refractivity contribution in [1.29, 1.82) is 0 Å². The zero-order valence-corrected chi connectivity index (χ0v) is 15.9. The zero-order chi connectivity index (χ0) is 19.0. The minimum atomic E-state index is -0.388. The highest BCUT2D eigenvalue weighted by Gasteiger charge is 2.38. The number of fused-ring (bicyclic) bond motifs is 1. The summed E-state index contributed by atoms with van der Waals surface area (Å²) in [5.74, 6) is -0.821. The van der Waals surface area contributed by atoms with Gasteiger partial charge < -0.3 is 0 Å². The van der Waals surface area contributed by atoms with Crippen LogP contribution < -0.4 is 5.32 Å². The van der Waals surface area contributed by atoms with Crippen molar-refractivity contribution in [2.24, 2.45) is 0 Å². The summed E-state index contributed by atoms with van der Waals surface area (Å²) in [6, 6.07) is 4.36. The van der Waals surface area contributed by atoms with Crippen LogP contribution in [0, 0.1) is 0 Å². The maximum absolute atomic E-state index is 12.6. The lowest BCUT2D eigenvalue weighted by Crippen LogP contribution is -2.37. The number of nitrogens with zero attached hydrogens (tertiary/aromatic N) is 3. The highest BCUT2D eigenvalue weighted by molar-refractivity contribution is 7.15. The first kappa shape index (κ1) is 18.2. The molecule has 8 heteroatoms. The van der Waals surface area contributed by atoms with E-state index < -0.39 is 0 Å². The van der Waals surface area contributed by atoms with Crippen molar-refractivity contribution >= 4 is 34.2 Å². The number of carbonyl (C=O) groups excluding carboxylic acids is 3. The summed E-state index contributed by atoms with van der Waals surface area (Å²) in [6.45, 7) is 7.74. The topological polar surface area (TPSA) is 92.3 Å². The molecule has 7 nitrogen and oxygen atoms in total. The van der Waals surface area contributed by atoms with E-state index in [0.29, 0.717) is 22.7 Å². The largest absolute Gasteiger partial charge is 0.296 e. The number of benzene rings is 1. The van der Waals surface area contributed by atoms with Crippen molar-refractivity contribution in [2.75, 3.05) is 5.32 Å². The molecule has 1 aromatic heterocycles. The molecule has 1 aromatic carbocycles. The molecule has 3 rings (SSSR count). The van der Waals surface area contributed by atoms with Crippen LogP contribution in [0.25, 0.3) is 0 Å². The first-order valence-electron chi connectivity index (χ1n) is 8.50. The summed E-state index contributed by atoms with van der Waals surface area (Å²) in [5.41, 5.74) is 0.908. The summed E-state index contributed by atoms with van der Waals surface area (Å²) in [4.78, 5) is 38.7. The first-order chi connectivity index (χ1) is 12.3. The van der Waals surface area contributed by atoms with E-state index in [1.54, 1.807) is 6.07 Å². The number of carbonyl (C=O) groups is 3. The number of hydrogen-bond donors (Lipinski definition) is 1. The van der Waals surface area contributed by atoms with Crippen LogP contribution in [-0.2, 0) is 0 Å². The molecule has 1 N–H and O–H groups in total. The molecule has 0 spiro atoms. The third kappa shape index (κ3) is 3.12. The monoisotopic (exact) mass is 372 g/mol. The van der Waals surface area contributed by atoms with E-state index in [1.165, 1.54) is 28.4 Å². The van der Waals surface area contributed by atoms with Gasteiger partial charge in [-0.05, 0) is 31.5 Å². The fraction of sp³-hybridized carbons (Fsp3) is 0.389. The molecule has 136 valence electrons. The molecule has 0 fully saturated rings. The van der Waals surface area contributed by atoms with E-state index >= 15 is 0 Å².